The van der Waals surface area contributed by atoms with Crippen LogP contribution in [0.2, 0.25) is 0 Å². The molecule has 3 nitrogen and oxygen atoms in total. The van der Waals surface area contributed by atoms with E-state index in [1.165, 1.54) is 0 Å². The van der Waals surface area contributed by atoms with E-state index in [0.717, 1.165) is 0 Å². The van der Waals surface area contributed by atoms with Crippen molar-refractivity contribution in [3.8, 4) is 0 Å². The number of alkyl halides is 3. The van der Waals surface area contributed by atoms with Gasteiger partial charge >= 0.3 is 6.18 Å². The molecule has 0 saturated heterocycles. The Morgan fingerprint density at radius 3 is 2.42 bits per heavy atom. The molecule has 0 radical (unpaired) electrons. The van der Waals surface area contributed by atoms with Gasteiger partial charge in [-0.05, 0) is 19.5 Å². The van der Waals surface area contributed by atoms with Gasteiger partial charge in [-0.25, -0.2) is 0 Å². The smallest absolute Gasteiger partial charge is 0.382 e. The van der Waals surface area contributed by atoms with Crippen LogP contribution in [0.3, 0.4) is 0 Å². The van der Waals surface area contributed by atoms with E-state index in [0.29, 0.717) is 19.5 Å². The summed E-state index contributed by atoms with van der Waals surface area (Å²) < 4.78 is 34.9. The highest BCUT2D eigenvalue weighted by atomic mass is 19.4. The first-order chi connectivity index (χ1) is 5.48. The van der Waals surface area contributed by atoms with Crippen LogP contribution in [0.25, 0.3) is 0 Å². The number of hydrogen-bond donors (Lipinski definition) is 3. The number of hydrogen-bond acceptors (Lipinski definition) is 3. The average molecular weight is 186 g/mol. The van der Waals surface area contributed by atoms with Gasteiger partial charge in [0.05, 0.1) is 0 Å². The summed E-state index contributed by atoms with van der Waals surface area (Å²) in [6, 6.07) is 0. The number of nitrogens with one attached hydrogen (secondary N) is 1. The normalized spacial score (nSPS) is 14.8. The van der Waals surface area contributed by atoms with Gasteiger partial charge in [-0.3, -0.25) is 0 Å². The second-order valence-electron chi connectivity index (χ2n) is 2.40. The lowest BCUT2D eigenvalue weighted by atomic mass is 10.3. The maximum Gasteiger partial charge on any atom is 0.415 e. The first-order valence-electron chi connectivity index (χ1n) is 3.64. The van der Waals surface area contributed by atoms with Gasteiger partial charge in [0, 0.05) is 6.54 Å². The summed E-state index contributed by atoms with van der Waals surface area (Å²) in [7, 11) is 0. The monoisotopic (exact) mass is 186 g/mol. The van der Waals surface area contributed by atoms with Gasteiger partial charge in [0.2, 0.25) is 0 Å². The molecule has 0 aromatic carbocycles. The Morgan fingerprint density at radius 1 is 1.42 bits per heavy atom. The Morgan fingerprint density at radius 2 is 2.00 bits per heavy atom. The summed E-state index contributed by atoms with van der Waals surface area (Å²) in [6.07, 6.45) is -6.21. The van der Waals surface area contributed by atoms with Gasteiger partial charge in [0.1, 0.15) is 0 Å². The van der Waals surface area contributed by atoms with E-state index in [9.17, 15) is 13.2 Å². The Hall–Kier alpha value is -0.330. The molecule has 0 saturated carbocycles. The molecule has 0 aromatic rings. The molecule has 0 fully saturated rings. The van der Waals surface area contributed by atoms with Gasteiger partial charge in [-0.15, -0.1) is 0 Å². The molecular weight excluding hydrogens is 173 g/mol. The van der Waals surface area contributed by atoms with E-state index in [1.807, 2.05) is 0 Å². The lowest BCUT2D eigenvalue weighted by Crippen LogP contribution is -2.38. The molecule has 1 unspecified atom stereocenters. The van der Waals surface area contributed by atoms with Crippen LogP contribution in [0.15, 0.2) is 0 Å². The van der Waals surface area contributed by atoms with Gasteiger partial charge in [0.25, 0.3) is 0 Å². The van der Waals surface area contributed by atoms with Crippen molar-refractivity contribution in [1.29, 1.82) is 0 Å². The molecule has 74 valence electrons. The molecule has 0 heterocycles. The van der Waals surface area contributed by atoms with Crippen molar-refractivity contribution < 1.29 is 18.3 Å². The lowest BCUT2D eigenvalue weighted by Gasteiger charge is -2.14. The minimum atomic E-state index is -4.53. The number of halogens is 3. The minimum Gasteiger partial charge on any atom is -0.382 e. The van der Waals surface area contributed by atoms with Crippen molar-refractivity contribution in [3.05, 3.63) is 0 Å². The first-order valence-corrected chi connectivity index (χ1v) is 3.64. The third kappa shape index (κ3) is 5.34. The first kappa shape index (κ1) is 11.7. The zero-order chi connectivity index (χ0) is 9.61. The number of nitrogens with two attached hydrogens (primary N) is 1. The quantitative estimate of drug-likeness (QED) is 0.523. The fourth-order valence-electron chi connectivity index (χ4n) is 0.582. The Labute approximate surface area is 68.7 Å². The van der Waals surface area contributed by atoms with E-state index in [4.69, 9.17) is 10.8 Å². The van der Waals surface area contributed by atoms with Crippen LogP contribution >= 0.6 is 0 Å². The molecule has 0 aliphatic carbocycles. The highest BCUT2D eigenvalue weighted by Gasteiger charge is 2.37. The molecule has 0 aliphatic rings. The molecule has 0 amide bonds. The summed E-state index contributed by atoms with van der Waals surface area (Å²) in [6.45, 7) is 0.349. The van der Waals surface area contributed by atoms with Crippen LogP contribution in [0, 0.1) is 0 Å². The lowest BCUT2D eigenvalue weighted by molar-refractivity contribution is -0.201. The topological polar surface area (TPSA) is 58.3 Å². The van der Waals surface area contributed by atoms with E-state index < -0.39 is 18.8 Å². The number of aliphatic hydroxyl groups excluding tert-OH is 1. The van der Waals surface area contributed by atoms with Gasteiger partial charge in [-0.2, -0.15) is 13.2 Å². The minimum absolute atomic E-state index is 0.393. The highest BCUT2D eigenvalue weighted by Crippen LogP contribution is 2.18. The molecule has 4 N–H and O–H groups in total. The zero-order valence-electron chi connectivity index (χ0n) is 6.56. The van der Waals surface area contributed by atoms with Crippen LogP contribution in [-0.4, -0.2) is 37.0 Å². The molecule has 0 spiro atoms. The average Bonchev–Trinajstić information content (AvgIpc) is 1.96. The second kappa shape index (κ2) is 5.34. The molecule has 12 heavy (non-hydrogen) atoms. The van der Waals surface area contributed by atoms with Crippen LogP contribution in [0.5, 0.6) is 0 Å². The summed E-state index contributed by atoms with van der Waals surface area (Å²) >= 11 is 0. The molecule has 0 aliphatic heterocycles. The van der Waals surface area contributed by atoms with Gasteiger partial charge in [-0.1, -0.05) is 0 Å². The molecule has 0 rings (SSSR count). The van der Waals surface area contributed by atoms with Crippen LogP contribution in [0.1, 0.15) is 6.42 Å². The molecule has 0 bridgehead atoms. The fraction of sp³-hybridized carbons (Fsp3) is 1.00. The number of rotatable bonds is 5. The molecule has 6 heteroatoms. The third-order valence-electron chi connectivity index (χ3n) is 1.27. The van der Waals surface area contributed by atoms with Crippen LogP contribution < -0.4 is 11.1 Å². The van der Waals surface area contributed by atoms with Gasteiger partial charge < -0.3 is 16.2 Å². The van der Waals surface area contributed by atoms with E-state index in [-0.39, 0.29) is 0 Å². The summed E-state index contributed by atoms with van der Waals surface area (Å²) in [5.74, 6) is 0. The predicted octanol–water partition coefficient (Wildman–Crippen LogP) is -0.152. The zero-order valence-corrected chi connectivity index (χ0v) is 6.56. The SMILES string of the molecule is NCCCNCC(O)C(F)(F)F. The standard InChI is InChI=1S/C6H13F3N2O/c7-6(8,9)5(12)4-11-3-1-2-10/h5,11-12H,1-4,10H2. The Balaban J connectivity index is 3.38. The molecular formula is C6H13F3N2O. The Kier molecular flexibility index (Phi) is 5.19. The fourth-order valence-corrected chi connectivity index (χ4v) is 0.582. The summed E-state index contributed by atoms with van der Waals surface area (Å²) in [5, 5.41) is 10.9. The van der Waals surface area contributed by atoms with E-state index in [1.54, 1.807) is 0 Å². The maximum absolute atomic E-state index is 11.6. The van der Waals surface area contributed by atoms with E-state index >= 15 is 0 Å². The largest absolute Gasteiger partial charge is 0.415 e. The summed E-state index contributed by atoms with van der Waals surface area (Å²) in [5.41, 5.74) is 5.11. The van der Waals surface area contributed by atoms with E-state index in [2.05, 4.69) is 5.32 Å². The predicted molar refractivity (Wildman–Crippen MR) is 38.6 cm³/mol. The van der Waals surface area contributed by atoms with Crippen molar-refractivity contribution in [1.82, 2.24) is 5.32 Å². The van der Waals surface area contributed by atoms with Crippen molar-refractivity contribution >= 4 is 0 Å². The van der Waals surface area contributed by atoms with Crippen LogP contribution in [-0.2, 0) is 0 Å². The van der Waals surface area contributed by atoms with Crippen molar-refractivity contribution in [2.24, 2.45) is 5.73 Å². The highest BCUT2D eigenvalue weighted by molar-refractivity contribution is 4.67. The number of aliphatic hydroxyl groups is 1. The third-order valence-corrected chi connectivity index (χ3v) is 1.27. The van der Waals surface area contributed by atoms with Crippen molar-refractivity contribution in [2.75, 3.05) is 19.6 Å². The Bertz CT molecular complexity index is 118. The van der Waals surface area contributed by atoms with Crippen LogP contribution in [0.4, 0.5) is 13.2 Å². The molecule has 0 aromatic heterocycles. The van der Waals surface area contributed by atoms with Crippen molar-refractivity contribution in [2.45, 2.75) is 18.7 Å². The second-order valence-corrected chi connectivity index (χ2v) is 2.40. The molecule has 1 atom stereocenters. The maximum atomic E-state index is 11.6. The van der Waals surface area contributed by atoms with Crippen molar-refractivity contribution in [3.63, 3.8) is 0 Å². The van der Waals surface area contributed by atoms with Gasteiger partial charge in [0.15, 0.2) is 6.10 Å². The summed E-state index contributed by atoms with van der Waals surface area (Å²) in [4.78, 5) is 0.